The van der Waals surface area contributed by atoms with Gasteiger partial charge in [-0.3, -0.25) is 0 Å². The number of aromatic nitrogens is 2. The lowest BCUT2D eigenvalue weighted by molar-refractivity contribution is 0.579. The van der Waals surface area contributed by atoms with Crippen LogP contribution in [0.15, 0.2) is 35.5 Å². The van der Waals surface area contributed by atoms with Crippen molar-refractivity contribution < 1.29 is 8.42 Å². The fourth-order valence-electron chi connectivity index (χ4n) is 1.74. The highest BCUT2D eigenvalue weighted by Gasteiger charge is 2.15. The molecule has 1 aromatic heterocycles. The summed E-state index contributed by atoms with van der Waals surface area (Å²) in [4.78, 5) is 6.93. The average molecular weight is 329 g/mol. The Bertz CT molecular complexity index is 686. The molecule has 114 valence electrons. The number of sulfonamides is 1. The zero-order valence-electron chi connectivity index (χ0n) is 11.6. The number of hydrogen-bond acceptors (Lipinski definition) is 4. The van der Waals surface area contributed by atoms with E-state index in [-0.39, 0.29) is 11.4 Å². The Morgan fingerprint density at radius 1 is 1.33 bits per heavy atom. The molecule has 3 N–H and O–H groups in total. The van der Waals surface area contributed by atoms with Gasteiger partial charge in [0.2, 0.25) is 10.0 Å². The summed E-state index contributed by atoms with van der Waals surface area (Å²) >= 11 is 6.12. The molecule has 0 fully saturated rings. The van der Waals surface area contributed by atoms with Crippen LogP contribution in [0.4, 0.5) is 0 Å². The third-order valence-electron chi connectivity index (χ3n) is 2.88. The van der Waals surface area contributed by atoms with E-state index in [4.69, 9.17) is 11.6 Å². The number of halogens is 1. The summed E-state index contributed by atoms with van der Waals surface area (Å²) in [7, 11) is -3.61. The van der Waals surface area contributed by atoms with E-state index in [9.17, 15) is 8.42 Å². The molecule has 0 bridgehead atoms. The lowest BCUT2D eigenvalue weighted by atomic mass is 10.2. The van der Waals surface area contributed by atoms with Crippen molar-refractivity contribution in [3.8, 4) is 0 Å². The van der Waals surface area contributed by atoms with Crippen molar-refractivity contribution in [2.24, 2.45) is 0 Å². The average Bonchev–Trinajstić information content (AvgIpc) is 2.97. The maximum absolute atomic E-state index is 12.2. The highest BCUT2D eigenvalue weighted by atomic mass is 35.5. The summed E-state index contributed by atoms with van der Waals surface area (Å²) in [5.41, 5.74) is 0.864. The van der Waals surface area contributed by atoms with Gasteiger partial charge in [0.15, 0.2) is 0 Å². The quantitative estimate of drug-likeness (QED) is 0.721. The molecule has 1 aromatic carbocycles. The van der Waals surface area contributed by atoms with Crippen LogP contribution < -0.4 is 10.0 Å². The van der Waals surface area contributed by atoms with Crippen LogP contribution in [0.3, 0.4) is 0 Å². The van der Waals surface area contributed by atoms with Gasteiger partial charge in [-0.05, 0) is 24.2 Å². The SMILES string of the molecule is CCNCc1ccc(S(=O)(=O)NCc2ncc[nH]2)cc1Cl. The largest absolute Gasteiger partial charge is 0.347 e. The van der Waals surface area contributed by atoms with Crippen molar-refractivity contribution in [1.29, 1.82) is 0 Å². The molecular weight excluding hydrogens is 312 g/mol. The molecule has 8 heteroatoms. The first-order valence-corrected chi connectivity index (χ1v) is 8.36. The number of imidazole rings is 1. The molecule has 2 rings (SSSR count). The van der Waals surface area contributed by atoms with Crippen molar-refractivity contribution in [1.82, 2.24) is 20.0 Å². The lowest BCUT2D eigenvalue weighted by Gasteiger charge is -2.09. The second kappa shape index (κ2) is 7.04. The van der Waals surface area contributed by atoms with Crippen molar-refractivity contribution in [2.75, 3.05) is 6.54 Å². The molecule has 0 saturated heterocycles. The minimum absolute atomic E-state index is 0.103. The van der Waals surface area contributed by atoms with Crippen LogP contribution in [-0.2, 0) is 23.1 Å². The van der Waals surface area contributed by atoms with E-state index in [1.165, 1.54) is 6.07 Å². The predicted octanol–water partition coefficient (Wildman–Crippen LogP) is 1.65. The summed E-state index contributed by atoms with van der Waals surface area (Å²) in [5, 5.41) is 3.57. The van der Waals surface area contributed by atoms with Crippen molar-refractivity contribution >= 4 is 21.6 Å². The molecule has 0 saturated carbocycles. The van der Waals surface area contributed by atoms with Gasteiger partial charge in [-0.1, -0.05) is 24.6 Å². The number of aromatic amines is 1. The molecule has 0 unspecified atom stereocenters. The minimum atomic E-state index is -3.61. The second-order valence-corrected chi connectivity index (χ2v) is 6.57. The molecule has 0 spiro atoms. The van der Waals surface area contributed by atoms with Crippen LogP contribution in [-0.4, -0.2) is 24.9 Å². The van der Waals surface area contributed by atoms with Gasteiger partial charge in [-0.2, -0.15) is 0 Å². The highest BCUT2D eigenvalue weighted by Crippen LogP contribution is 2.20. The second-order valence-electron chi connectivity index (χ2n) is 4.39. The van der Waals surface area contributed by atoms with E-state index >= 15 is 0 Å². The molecule has 0 amide bonds. The Kier molecular flexibility index (Phi) is 5.35. The number of hydrogen-bond donors (Lipinski definition) is 3. The summed E-state index contributed by atoms with van der Waals surface area (Å²) in [6, 6.07) is 4.72. The number of H-pyrrole nitrogens is 1. The third kappa shape index (κ3) is 4.28. The van der Waals surface area contributed by atoms with Gasteiger partial charge in [0.1, 0.15) is 5.82 Å². The molecule has 0 aliphatic rings. The van der Waals surface area contributed by atoms with Gasteiger partial charge in [0.05, 0.1) is 11.4 Å². The molecule has 0 aliphatic carbocycles. The Balaban J connectivity index is 2.10. The van der Waals surface area contributed by atoms with E-state index in [0.717, 1.165) is 12.1 Å². The maximum Gasteiger partial charge on any atom is 0.241 e. The highest BCUT2D eigenvalue weighted by molar-refractivity contribution is 7.89. The van der Waals surface area contributed by atoms with Gasteiger partial charge >= 0.3 is 0 Å². The van der Waals surface area contributed by atoms with E-state index in [1.54, 1.807) is 24.5 Å². The van der Waals surface area contributed by atoms with Crippen LogP contribution in [0.1, 0.15) is 18.3 Å². The molecule has 0 atom stereocenters. The number of nitrogens with one attached hydrogen (secondary N) is 3. The molecule has 0 aliphatic heterocycles. The minimum Gasteiger partial charge on any atom is -0.347 e. The topological polar surface area (TPSA) is 86.9 Å². The zero-order chi connectivity index (χ0) is 15.3. The summed E-state index contributed by atoms with van der Waals surface area (Å²) in [5.74, 6) is 0.549. The van der Waals surface area contributed by atoms with Gasteiger partial charge < -0.3 is 10.3 Å². The predicted molar refractivity (Wildman–Crippen MR) is 81.4 cm³/mol. The Morgan fingerprint density at radius 3 is 2.76 bits per heavy atom. The number of benzene rings is 1. The van der Waals surface area contributed by atoms with Crippen LogP contribution >= 0.6 is 11.6 Å². The molecule has 0 radical (unpaired) electrons. The van der Waals surface area contributed by atoms with Crippen LogP contribution in [0, 0.1) is 0 Å². The lowest BCUT2D eigenvalue weighted by Crippen LogP contribution is -2.24. The maximum atomic E-state index is 12.2. The van der Waals surface area contributed by atoms with Crippen molar-refractivity contribution in [3.63, 3.8) is 0 Å². The fraction of sp³-hybridized carbons (Fsp3) is 0.308. The molecule has 21 heavy (non-hydrogen) atoms. The summed E-state index contributed by atoms with van der Waals surface area (Å²) in [6.07, 6.45) is 3.20. The van der Waals surface area contributed by atoms with Gasteiger partial charge in [0, 0.05) is 24.0 Å². The van der Waals surface area contributed by atoms with Crippen LogP contribution in [0.5, 0.6) is 0 Å². The third-order valence-corrected chi connectivity index (χ3v) is 4.64. The van der Waals surface area contributed by atoms with Gasteiger partial charge in [-0.15, -0.1) is 0 Å². The first kappa shape index (κ1) is 16.0. The van der Waals surface area contributed by atoms with E-state index < -0.39 is 10.0 Å². The van der Waals surface area contributed by atoms with E-state index in [0.29, 0.717) is 17.4 Å². The normalized spacial score (nSPS) is 11.7. The Morgan fingerprint density at radius 2 is 2.14 bits per heavy atom. The first-order valence-electron chi connectivity index (χ1n) is 6.50. The van der Waals surface area contributed by atoms with E-state index in [2.05, 4.69) is 20.0 Å². The monoisotopic (exact) mass is 328 g/mol. The van der Waals surface area contributed by atoms with Gasteiger partial charge in [0.25, 0.3) is 0 Å². The molecule has 2 aromatic rings. The standard InChI is InChI=1S/C13H17ClN4O2S/c1-2-15-8-10-3-4-11(7-12(10)14)21(19,20)18-9-13-16-5-6-17-13/h3-7,15,18H,2,8-9H2,1H3,(H,16,17). The van der Waals surface area contributed by atoms with Crippen LogP contribution in [0.2, 0.25) is 5.02 Å². The first-order chi connectivity index (χ1) is 10.0. The molecule has 1 heterocycles. The Hall–Kier alpha value is -1.41. The number of nitrogens with zero attached hydrogens (tertiary/aromatic N) is 1. The summed E-state index contributed by atoms with van der Waals surface area (Å²) < 4.78 is 26.8. The number of rotatable bonds is 7. The van der Waals surface area contributed by atoms with E-state index in [1.807, 2.05) is 6.92 Å². The van der Waals surface area contributed by atoms with Gasteiger partial charge in [-0.25, -0.2) is 18.1 Å². The summed E-state index contributed by atoms with van der Waals surface area (Å²) in [6.45, 7) is 3.52. The molecular formula is C13H17ClN4O2S. The zero-order valence-corrected chi connectivity index (χ0v) is 13.1. The smallest absolute Gasteiger partial charge is 0.241 e. The fourth-order valence-corrected chi connectivity index (χ4v) is 3.07. The van der Waals surface area contributed by atoms with Crippen LogP contribution in [0.25, 0.3) is 0 Å². The van der Waals surface area contributed by atoms with Crippen molar-refractivity contribution in [2.45, 2.75) is 24.9 Å². The Labute approximate surface area is 129 Å². The molecule has 6 nitrogen and oxygen atoms in total. The van der Waals surface area contributed by atoms with Crippen molar-refractivity contribution in [3.05, 3.63) is 47.0 Å².